The van der Waals surface area contributed by atoms with Crippen molar-refractivity contribution in [2.24, 2.45) is 0 Å². The Morgan fingerprint density at radius 1 is 1.41 bits per heavy atom. The van der Waals surface area contributed by atoms with Crippen LogP contribution in [0.4, 0.5) is 0 Å². The van der Waals surface area contributed by atoms with E-state index >= 15 is 0 Å². The second-order valence-electron chi connectivity index (χ2n) is 6.86. The van der Waals surface area contributed by atoms with Gasteiger partial charge >= 0.3 is 0 Å². The number of rotatable bonds is 5. The minimum Gasteiger partial charge on any atom is -0.496 e. The Bertz CT molecular complexity index is 946. The number of hydrogen-bond donors (Lipinski definition) is 1. The number of aromatic amines is 1. The van der Waals surface area contributed by atoms with Gasteiger partial charge < -0.3 is 14.6 Å². The van der Waals surface area contributed by atoms with Crippen molar-refractivity contribution in [1.82, 2.24) is 14.9 Å². The molecule has 0 aliphatic carbocycles. The lowest BCUT2D eigenvalue weighted by Gasteiger charge is -2.25. The van der Waals surface area contributed by atoms with E-state index in [0.717, 1.165) is 53.4 Å². The number of methoxy groups -OCH3 is 1. The van der Waals surface area contributed by atoms with E-state index in [0.29, 0.717) is 5.69 Å². The van der Waals surface area contributed by atoms with Crippen molar-refractivity contribution >= 4 is 17.2 Å². The minimum atomic E-state index is 0.0607. The first-order valence-electron chi connectivity index (χ1n) is 9.19. The van der Waals surface area contributed by atoms with E-state index < -0.39 is 0 Å². The number of carbonyl (C=O) groups excluding carboxylic acids is 1. The Hall–Kier alpha value is -2.60. The molecule has 1 amide bonds. The Labute approximate surface area is 163 Å². The maximum absolute atomic E-state index is 13.1. The summed E-state index contributed by atoms with van der Waals surface area (Å²) in [7, 11) is 1.69. The molecule has 4 rings (SSSR count). The molecule has 0 spiro atoms. The van der Waals surface area contributed by atoms with Crippen molar-refractivity contribution in [3.05, 3.63) is 58.2 Å². The summed E-state index contributed by atoms with van der Waals surface area (Å²) in [6.07, 6.45) is 4.73. The molecule has 1 saturated heterocycles. The number of nitrogens with one attached hydrogen (secondary N) is 1. The van der Waals surface area contributed by atoms with Crippen molar-refractivity contribution in [3.63, 3.8) is 0 Å². The number of aromatic nitrogens is 2. The van der Waals surface area contributed by atoms with Gasteiger partial charge in [-0.05, 0) is 43.9 Å². The number of carbonyl (C=O) groups is 1. The molecule has 0 unspecified atom stereocenters. The van der Waals surface area contributed by atoms with Gasteiger partial charge in [0.1, 0.15) is 11.4 Å². The lowest BCUT2D eigenvalue weighted by Crippen LogP contribution is -2.37. The standard InChI is InChI=1S/C21H23N3O2S/c1-14-23-19(13-27-14)16-11-18(22-12-16)21(25)24-9-5-7-17(24)10-15-6-3-4-8-20(15)26-2/h3-4,6,8,11-13,17,22H,5,7,9-10H2,1-2H3/t17-/m0/s1. The second kappa shape index (κ2) is 7.56. The lowest BCUT2D eigenvalue weighted by molar-refractivity contribution is 0.0731. The maximum atomic E-state index is 13.1. The molecule has 0 bridgehead atoms. The third kappa shape index (κ3) is 3.62. The molecule has 3 heterocycles. The predicted octanol–water partition coefficient (Wildman–Crippen LogP) is 4.30. The topological polar surface area (TPSA) is 58.2 Å². The summed E-state index contributed by atoms with van der Waals surface area (Å²) in [6.45, 7) is 2.78. The Balaban J connectivity index is 1.52. The fourth-order valence-electron chi connectivity index (χ4n) is 3.76. The Morgan fingerprint density at radius 2 is 2.26 bits per heavy atom. The number of hydrogen-bond acceptors (Lipinski definition) is 4. The predicted molar refractivity (Wildman–Crippen MR) is 107 cm³/mol. The molecule has 5 nitrogen and oxygen atoms in total. The highest BCUT2D eigenvalue weighted by atomic mass is 32.1. The van der Waals surface area contributed by atoms with Crippen LogP contribution in [0.25, 0.3) is 11.3 Å². The Morgan fingerprint density at radius 3 is 3.04 bits per heavy atom. The summed E-state index contributed by atoms with van der Waals surface area (Å²) in [4.78, 5) is 22.7. The number of thiazole rings is 1. The molecule has 2 aromatic heterocycles. The Kier molecular flexibility index (Phi) is 4.99. The van der Waals surface area contributed by atoms with Crippen molar-refractivity contribution in [2.45, 2.75) is 32.2 Å². The average molecular weight is 382 g/mol. The smallest absolute Gasteiger partial charge is 0.270 e. The summed E-state index contributed by atoms with van der Waals surface area (Å²) in [5, 5.41) is 3.04. The summed E-state index contributed by atoms with van der Waals surface area (Å²) < 4.78 is 5.47. The maximum Gasteiger partial charge on any atom is 0.270 e. The van der Waals surface area contributed by atoms with Gasteiger partial charge in [-0.15, -0.1) is 11.3 Å². The molecule has 140 valence electrons. The van der Waals surface area contributed by atoms with E-state index in [-0.39, 0.29) is 11.9 Å². The molecule has 1 atom stereocenters. The zero-order valence-electron chi connectivity index (χ0n) is 15.6. The van der Waals surface area contributed by atoms with Gasteiger partial charge in [0, 0.05) is 29.7 Å². The van der Waals surface area contributed by atoms with Crippen molar-refractivity contribution in [1.29, 1.82) is 0 Å². The monoisotopic (exact) mass is 381 g/mol. The van der Waals surface area contributed by atoms with E-state index in [1.165, 1.54) is 0 Å². The molecular weight excluding hydrogens is 358 g/mol. The van der Waals surface area contributed by atoms with Gasteiger partial charge in [0.15, 0.2) is 0 Å². The lowest BCUT2D eigenvalue weighted by atomic mass is 10.0. The van der Waals surface area contributed by atoms with Crippen LogP contribution in [0.3, 0.4) is 0 Å². The minimum absolute atomic E-state index is 0.0607. The molecule has 0 saturated carbocycles. The number of benzene rings is 1. The van der Waals surface area contributed by atoms with E-state index in [2.05, 4.69) is 16.0 Å². The summed E-state index contributed by atoms with van der Waals surface area (Å²) >= 11 is 1.62. The molecule has 6 heteroatoms. The quantitative estimate of drug-likeness (QED) is 0.717. The normalized spacial score (nSPS) is 16.7. The van der Waals surface area contributed by atoms with Gasteiger partial charge in [-0.3, -0.25) is 4.79 Å². The van der Waals surface area contributed by atoms with Gasteiger partial charge in [-0.1, -0.05) is 18.2 Å². The molecule has 1 aromatic carbocycles. The van der Waals surface area contributed by atoms with Crippen LogP contribution in [0.5, 0.6) is 5.75 Å². The fraction of sp³-hybridized carbons (Fsp3) is 0.333. The first-order valence-corrected chi connectivity index (χ1v) is 10.1. The summed E-state index contributed by atoms with van der Waals surface area (Å²) in [5.74, 6) is 0.948. The largest absolute Gasteiger partial charge is 0.496 e. The molecule has 1 aliphatic heterocycles. The number of para-hydroxylation sites is 1. The molecule has 1 fully saturated rings. The van der Waals surface area contributed by atoms with Crippen molar-refractivity contribution in [3.8, 4) is 17.0 Å². The fourth-order valence-corrected chi connectivity index (χ4v) is 4.38. The molecule has 0 radical (unpaired) electrons. The zero-order valence-corrected chi connectivity index (χ0v) is 16.4. The van der Waals surface area contributed by atoms with Crippen LogP contribution in [0.1, 0.15) is 33.9 Å². The molecule has 1 N–H and O–H groups in total. The van der Waals surface area contributed by atoms with E-state index in [1.54, 1.807) is 18.4 Å². The van der Waals surface area contributed by atoms with Crippen LogP contribution >= 0.6 is 11.3 Å². The van der Waals surface area contributed by atoms with Gasteiger partial charge in [0.05, 0.1) is 17.8 Å². The second-order valence-corrected chi connectivity index (χ2v) is 7.93. The van der Waals surface area contributed by atoms with Crippen molar-refractivity contribution in [2.75, 3.05) is 13.7 Å². The zero-order chi connectivity index (χ0) is 18.8. The summed E-state index contributed by atoms with van der Waals surface area (Å²) in [6, 6.07) is 10.2. The van der Waals surface area contributed by atoms with Gasteiger partial charge in [-0.2, -0.15) is 0 Å². The number of likely N-dealkylation sites (tertiary alicyclic amines) is 1. The number of aryl methyl sites for hydroxylation is 1. The first kappa shape index (κ1) is 17.8. The highest BCUT2D eigenvalue weighted by molar-refractivity contribution is 7.09. The highest BCUT2D eigenvalue weighted by Crippen LogP contribution is 2.28. The van der Waals surface area contributed by atoms with E-state index in [4.69, 9.17) is 4.74 Å². The third-order valence-corrected chi connectivity index (χ3v) is 5.89. The van der Waals surface area contributed by atoms with Gasteiger partial charge in [0.25, 0.3) is 5.91 Å². The SMILES string of the molecule is COc1ccccc1C[C@@H]1CCCN1C(=O)c1cc(-c2csc(C)n2)c[nH]1. The van der Waals surface area contributed by atoms with Crippen LogP contribution in [0, 0.1) is 6.92 Å². The molecule has 3 aromatic rings. The highest BCUT2D eigenvalue weighted by Gasteiger charge is 2.30. The first-order chi connectivity index (χ1) is 13.2. The van der Waals surface area contributed by atoms with Crippen LogP contribution in [-0.4, -0.2) is 40.5 Å². The average Bonchev–Trinajstić information content (AvgIpc) is 3.42. The molecule has 1 aliphatic rings. The molecule has 27 heavy (non-hydrogen) atoms. The molecular formula is C21H23N3O2S. The summed E-state index contributed by atoms with van der Waals surface area (Å²) in [5.41, 5.74) is 3.65. The number of H-pyrrole nitrogens is 1. The number of nitrogens with zero attached hydrogens (tertiary/aromatic N) is 2. The number of amides is 1. The van der Waals surface area contributed by atoms with Crippen LogP contribution < -0.4 is 4.74 Å². The van der Waals surface area contributed by atoms with E-state index in [1.807, 2.05) is 47.7 Å². The van der Waals surface area contributed by atoms with Crippen LogP contribution in [0.2, 0.25) is 0 Å². The third-order valence-electron chi connectivity index (χ3n) is 5.11. The van der Waals surface area contributed by atoms with Crippen molar-refractivity contribution < 1.29 is 9.53 Å². The van der Waals surface area contributed by atoms with Crippen LogP contribution in [0.15, 0.2) is 41.9 Å². The van der Waals surface area contributed by atoms with Crippen LogP contribution in [-0.2, 0) is 6.42 Å². The van der Waals surface area contributed by atoms with Gasteiger partial charge in [-0.25, -0.2) is 4.98 Å². The number of ether oxygens (including phenoxy) is 1. The van der Waals surface area contributed by atoms with Gasteiger partial charge in [0.2, 0.25) is 0 Å². The van der Waals surface area contributed by atoms with E-state index in [9.17, 15) is 4.79 Å².